The second-order valence-corrected chi connectivity index (χ2v) is 4.87. The normalized spacial score (nSPS) is 10.5. The SMILES string of the molecule is CNCc1cccc(N(C)Cc2ccccc2Cl)n1. The summed E-state index contributed by atoms with van der Waals surface area (Å²) in [5.74, 6) is 0.952. The van der Waals surface area contributed by atoms with Crippen LogP contribution in [0.1, 0.15) is 11.3 Å². The van der Waals surface area contributed by atoms with E-state index in [0.29, 0.717) is 0 Å². The highest BCUT2D eigenvalue weighted by atomic mass is 35.5. The summed E-state index contributed by atoms with van der Waals surface area (Å²) in [6.07, 6.45) is 0. The fraction of sp³-hybridized carbons (Fsp3) is 0.267. The second-order valence-electron chi connectivity index (χ2n) is 4.46. The summed E-state index contributed by atoms with van der Waals surface area (Å²) in [6, 6.07) is 13.9. The number of pyridine rings is 1. The van der Waals surface area contributed by atoms with Crippen molar-refractivity contribution in [3.8, 4) is 0 Å². The molecule has 0 bridgehead atoms. The molecule has 3 nitrogen and oxygen atoms in total. The minimum absolute atomic E-state index is 0.746. The number of nitrogens with zero attached hydrogens (tertiary/aromatic N) is 2. The Kier molecular flexibility index (Phi) is 4.77. The minimum atomic E-state index is 0.746. The summed E-state index contributed by atoms with van der Waals surface area (Å²) >= 11 is 6.18. The Morgan fingerprint density at radius 2 is 1.95 bits per heavy atom. The molecule has 1 heterocycles. The molecular formula is C15H18ClN3. The van der Waals surface area contributed by atoms with Gasteiger partial charge in [-0.1, -0.05) is 35.9 Å². The lowest BCUT2D eigenvalue weighted by Gasteiger charge is -2.19. The van der Waals surface area contributed by atoms with Gasteiger partial charge < -0.3 is 10.2 Å². The fourth-order valence-electron chi connectivity index (χ4n) is 1.92. The van der Waals surface area contributed by atoms with Crippen molar-refractivity contribution in [1.29, 1.82) is 0 Å². The van der Waals surface area contributed by atoms with E-state index in [2.05, 4.69) is 15.2 Å². The highest BCUT2D eigenvalue weighted by Gasteiger charge is 2.06. The van der Waals surface area contributed by atoms with Crippen molar-refractivity contribution >= 4 is 17.4 Å². The van der Waals surface area contributed by atoms with E-state index in [0.717, 1.165) is 35.2 Å². The molecule has 1 N–H and O–H groups in total. The van der Waals surface area contributed by atoms with Crippen LogP contribution in [0, 0.1) is 0 Å². The Bertz CT molecular complexity index is 542. The van der Waals surface area contributed by atoms with Gasteiger partial charge in [0.2, 0.25) is 0 Å². The van der Waals surface area contributed by atoms with Crippen molar-refractivity contribution in [3.05, 3.63) is 58.7 Å². The maximum atomic E-state index is 6.18. The number of benzene rings is 1. The number of hydrogen-bond donors (Lipinski definition) is 1. The number of aromatic nitrogens is 1. The van der Waals surface area contributed by atoms with E-state index in [1.165, 1.54) is 0 Å². The molecule has 0 saturated heterocycles. The van der Waals surface area contributed by atoms with Gasteiger partial charge in [0.15, 0.2) is 0 Å². The first-order valence-corrected chi connectivity index (χ1v) is 6.63. The monoisotopic (exact) mass is 275 g/mol. The summed E-state index contributed by atoms with van der Waals surface area (Å²) in [7, 11) is 3.94. The molecule has 0 unspecified atom stereocenters. The Morgan fingerprint density at radius 1 is 1.16 bits per heavy atom. The van der Waals surface area contributed by atoms with Crippen LogP contribution in [0.4, 0.5) is 5.82 Å². The summed E-state index contributed by atoms with van der Waals surface area (Å²) in [6.45, 7) is 1.52. The van der Waals surface area contributed by atoms with Crippen LogP contribution in [0.5, 0.6) is 0 Å². The molecule has 4 heteroatoms. The summed E-state index contributed by atoms with van der Waals surface area (Å²) in [5, 5.41) is 3.90. The smallest absolute Gasteiger partial charge is 0.128 e. The van der Waals surface area contributed by atoms with Gasteiger partial charge in [-0.3, -0.25) is 0 Å². The molecule has 0 amide bonds. The van der Waals surface area contributed by atoms with E-state index in [1.807, 2.05) is 56.6 Å². The van der Waals surface area contributed by atoms with E-state index < -0.39 is 0 Å². The minimum Gasteiger partial charge on any atom is -0.355 e. The predicted octanol–water partition coefficient (Wildman–Crippen LogP) is 3.09. The standard InChI is InChI=1S/C15H18ClN3/c1-17-10-13-7-5-9-15(18-13)19(2)11-12-6-3-4-8-14(12)16/h3-9,17H,10-11H2,1-2H3. The van der Waals surface area contributed by atoms with Gasteiger partial charge in [0, 0.05) is 25.2 Å². The van der Waals surface area contributed by atoms with E-state index >= 15 is 0 Å². The first kappa shape index (κ1) is 13.8. The quantitative estimate of drug-likeness (QED) is 0.909. The predicted molar refractivity (Wildman–Crippen MR) is 80.6 cm³/mol. The maximum Gasteiger partial charge on any atom is 0.128 e. The summed E-state index contributed by atoms with van der Waals surface area (Å²) < 4.78 is 0. The van der Waals surface area contributed by atoms with Crippen LogP contribution in [0.15, 0.2) is 42.5 Å². The molecule has 1 aromatic carbocycles. The van der Waals surface area contributed by atoms with Gasteiger partial charge in [-0.25, -0.2) is 4.98 Å². The lowest BCUT2D eigenvalue weighted by atomic mass is 10.2. The van der Waals surface area contributed by atoms with Gasteiger partial charge in [-0.2, -0.15) is 0 Å². The van der Waals surface area contributed by atoms with Crippen LogP contribution in [-0.2, 0) is 13.1 Å². The molecule has 0 saturated carbocycles. The molecule has 0 spiro atoms. The van der Waals surface area contributed by atoms with Crippen molar-refractivity contribution in [2.75, 3.05) is 19.0 Å². The van der Waals surface area contributed by atoms with Crippen LogP contribution in [0.2, 0.25) is 5.02 Å². The van der Waals surface area contributed by atoms with Crippen LogP contribution in [-0.4, -0.2) is 19.1 Å². The molecule has 0 atom stereocenters. The molecule has 100 valence electrons. The van der Waals surface area contributed by atoms with Crippen LogP contribution in [0.25, 0.3) is 0 Å². The van der Waals surface area contributed by atoms with E-state index in [1.54, 1.807) is 0 Å². The topological polar surface area (TPSA) is 28.2 Å². The number of halogens is 1. The maximum absolute atomic E-state index is 6.18. The highest BCUT2D eigenvalue weighted by Crippen LogP contribution is 2.19. The van der Waals surface area contributed by atoms with Crippen LogP contribution >= 0.6 is 11.6 Å². The molecule has 0 aliphatic rings. The van der Waals surface area contributed by atoms with Gasteiger partial charge in [0.05, 0.1) is 5.69 Å². The Hall–Kier alpha value is -1.58. The van der Waals surface area contributed by atoms with Gasteiger partial charge in [-0.05, 0) is 30.8 Å². The highest BCUT2D eigenvalue weighted by molar-refractivity contribution is 6.31. The third-order valence-corrected chi connectivity index (χ3v) is 3.28. The zero-order valence-electron chi connectivity index (χ0n) is 11.2. The number of rotatable bonds is 5. The van der Waals surface area contributed by atoms with Gasteiger partial charge >= 0.3 is 0 Å². The van der Waals surface area contributed by atoms with Gasteiger partial charge in [0.25, 0.3) is 0 Å². The zero-order chi connectivity index (χ0) is 13.7. The van der Waals surface area contributed by atoms with Crippen LogP contribution < -0.4 is 10.2 Å². The Labute approximate surface area is 119 Å². The van der Waals surface area contributed by atoms with E-state index in [4.69, 9.17) is 11.6 Å². The van der Waals surface area contributed by atoms with Crippen molar-refractivity contribution in [2.45, 2.75) is 13.1 Å². The molecule has 2 rings (SSSR count). The molecule has 19 heavy (non-hydrogen) atoms. The third-order valence-electron chi connectivity index (χ3n) is 2.91. The largest absolute Gasteiger partial charge is 0.355 e. The number of anilines is 1. The molecule has 2 aromatic rings. The Balaban J connectivity index is 2.13. The molecule has 0 aliphatic heterocycles. The third kappa shape index (κ3) is 3.69. The van der Waals surface area contributed by atoms with Crippen molar-refractivity contribution in [3.63, 3.8) is 0 Å². The van der Waals surface area contributed by atoms with Gasteiger partial charge in [0.1, 0.15) is 5.82 Å². The second kappa shape index (κ2) is 6.55. The molecule has 0 aliphatic carbocycles. The average molecular weight is 276 g/mol. The molecular weight excluding hydrogens is 258 g/mol. The number of nitrogens with one attached hydrogen (secondary N) is 1. The van der Waals surface area contributed by atoms with Crippen molar-refractivity contribution in [1.82, 2.24) is 10.3 Å². The van der Waals surface area contributed by atoms with E-state index in [-0.39, 0.29) is 0 Å². The molecule has 1 aromatic heterocycles. The van der Waals surface area contributed by atoms with Gasteiger partial charge in [-0.15, -0.1) is 0 Å². The first-order valence-electron chi connectivity index (χ1n) is 6.26. The average Bonchev–Trinajstić information content (AvgIpc) is 2.42. The first-order chi connectivity index (χ1) is 9.20. The lowest BCUT2D eigenvalue weighted by molar-refractivity contribution is 0.783. The molecule has 0 radical (unpaired) electrons. The van der Waals surface area contributed by atoms with Crippen molar-refractivity contribution < 1.29 is 0 Å². The lowest BCUT2D eigenvalue weighted by Crippen LogP contribution is -2.19. The number of hydrogen-bond acceptors (Lipinski definition) is 3. The molecule has 0 fully saturated rings. The fourth-order valence-corrected chi connectivity index (χ4v) is 2.12. The zero-order valence-corrected chi connectivity index (χ0v) is 12.0. The Morgan fingerprint density at radius 3 is 2.68 bits per heavy atom. The van der Waals surface area contributed by atoms with E-state index in [9.17, 15) is 0 Å². The van der Waals surface area contributed by atoms with Crippen molar-refractivity contribution in [2.24, 2.45) is 0 Å². The summed E-state index contributed by atoms with van der Waals surface area (Å²) in [4.78, 5) is 6.71. The van der Waals surface area contributed by atoms with Crippen LogP contribution in [0.3, 0.4) is 0 Å². The summed E-state index contributed by atoms with van der Waals surface area (Å²) in [5.41, 5.74) is 2.14.